The number of rotatable bonds is 6. The molecule has 118 valence electrons. The topological polar surface area (TPSA) is 53.3 Å². The molecule has 0 radical (unpaired) electrons. The molecular weight excluding hydrogens is 312 g/mol. The van der Waals surface area contributed by atoms with Crippen LogP contribution >= 0.6 is 11.6 Å². The van der Waals surface area contributed by atoms with E-state index in [4.69, 9.17) is 21.6 Å². The third-order valence-electron chi connectivity index (χ3n) is 3.40. The molecule has 1 amide bonds. The average Bonchev–Trinajstić information content (AvgIpc) is 2.59. The van der Waals surface area contributed by atoms with Gasteiger partial charge in [-0.1, -0.05) is 29.8 Å². The first-order valence-electron chi connectivity index (χ1n) is 7.28. The molecule has 0 bridgehead atoms. The van der Waals surface area contributed by atoms with Crippen LogP contribution in [-0.4, -0.2) is 24.0 Å². The molecule has 23 heavy (non-hydrogen) atoms. The van der Waals surface area contributed by atoms with Gasteiger partial charge in [-0.05, 0) is 42.8 Å². The molecule has 0 aliphatic heterocycles. The van der Waals surface area contributed by atoms with E-state index in [1.165, 1.54) is 0 Å². The zero-order chi connectivity index (χ0) is 16.7. The summed E-state index contributed by atoms with van der Waals surface area (Å²) in [4.78, 5) is 14.0. The third-order valence-corrected chi connectivity index (χ3v) is 3.77. The van der Waals surface area contributed by atoms with Crippen molar-refractivity contribution in [3.8, 4) is 11.8 Å². The second-order valence-electron chi connectivity index (χ2n) is 4.92. The van der Waals surface area contributed by atoms with Crippen LogP contribution in [0.4, 0.5) is 0 Å². The van der Waals surface area contributed by atoms with Crippen LogP contribution in [0.15, 0.2) is 48.5 Å². The molecule has 5 heteroatoms. The van der Waals surface area contributed by atoms with E-state index in [9.17, 15) is 4.79 Å². The summed E-state index contributed by atoms with van der Waals surface area (Å²) in [5.74, 6) is 0.447. The van der Waals surface area contributed by atoms with Crippen molar-refractivity contribution >= 4 is 17.5 Å². The number of hydrogen-bond acceptors (Lipinski definition) is 3. The first-order valence-corrected chi connectivity index (χ1v) is 7.66. The van der Waals surface area contributed by atoms with Crippen molar-refractivity contribution in [1.29, 1.82) is 5.26 Å². The molecule has 0 spiro atoms. The van der Waals surface area contributed by atoms with Crippen LogP contribution in [0.3, 0.4) is 0 Å². The summed E-state index contributed by atoms with van der Waals surface area (Å²) in [5, 5.41) is 9.40. The Morgan fingerprint density at radius 2 is 1.91 bits per heavy atom. The van der Waals surface area contributed by atoms with Gasteiger partial charge in [-0.2, -0.15) is 5.26 Å². The van der Waals surface area contributed by atoms with E-state index in [-0.39, 0.29) is 12.5 Å². The van der Waals surface area contributed by atoms with Crippen molar-refractivity contribution in [2.24, 2.45) is 0 Å². The zero-order valence-corrected chi connectivity index (χ0v) is 13.6. The average molecular weight is 329 g/mol. The summed E-state index contributed by atoms with van der Waals surface area (Å²) in [6.07, 6.45) is 0. The fourth-order valence-electron chi connectivity index (χ4n) is 2.07. The molecule has 0 unspecified atom stereocenters. The molecule has 0 aliphatic carbocycles. The van der Waals surface area contributed by atoms with Crippen LogP contribution in [0, 0.1) is 11.3 Å². The van der Waals surface area contributed by atoms with Crippen LogP contribution in [0.1, 0.15) is 18.1 Å². The summed E-state index contributed by atoms with van der Waals surface area (Å²) in [5.41, 5.74) is 1.46. The van der Waals surface area contributed by atoms with E-state index in [2.05, 4.69) is 0 Å². The van der Waals surface area contributed by atoms with Gasteiger partial charge in [-0.3, -0.25) is 4.79 Å². The van der Waals surface area contributed by atoms with Crippen LogP contribution in [0.2, 0.25) is 5.02 Å². The quantitative estimate of drug-likeness (QED) is 0.813. The number of carbonyl (C=O) groups is 1. The molecule has 4 nitrogen and oxygen atoms in total. The normalized spacial score (nSPS) is 9.96. The number of hydrogen-bond donors (Lipinski definition) is 0. The molecular formula is C18H17ClN2O2. The van der Waals surface area contributed by atoms with Gasteiger partial charge in [0.1, 0.15) is 5.75 Å². The summed E-state index contributed by atoms with van der Waals surface area (Å²) < 4.78 is 5.48. The minimum absolute atomic E-state index is 0.0514. The number of carbonyl (C=O) groups excluding carboxylic acids is 1. The molecule has 0 saturated carbocycles. The first kappa shape index (κ1) is 16.9. The molecule has 0 atom stereocenters. The Bertz CT molecular complexity index is 708. The molecule has 0 heterocycles. The smallest absolute Gasteiger partial charge is 0.260 e. The minimum atomic E-state index is -0.114. The largest absolute Gasteiger partial charge is 0.484 e. The maximum absolute atomic E-state index is 12.3. The molecule has 0 fully saturated rings. The van der Waals surface area contributed by atoms with Gasteiger partial charge in [0.05, 0.1) is 11.6 Å². The SMILES string of the molecule is CCN(Cc1ccccc1Cl)C(=O)COc1ccc(C#N)cc1. The lowest BCUT2D eigenvalue weighted by molar-refractivity contribution is -0.133. The van der Waals surface area contributed by atoms with E-state index in [1.807, 2.05) is 37.3 Å². The number of benzene rings is 2. The number of nitriles is 1. The number of nitrogens with zero attached hydrogens (tertiary/aromatic N) is 2. The molecule has 0 N–H and O–H groups in total. The van der Waals surface area contributed by atoms with Gasteiger partial charge < -0.3 is 9.64 Å². The van der Waals surface area contributed by atoms with Crippen molar-refractivity contribution in [2.45, 2.75) is 13.5 Å². The second-order valence-corrected chi connectivity index (χ2v) is 5.33. The Balaban J connectivity index is 1.94. The fourth-order valence-corrected chi connectivity index (χ4v) is 2.27. The number of ether oxygens (including phenoxy) is 1. The summed E-state index contributed by atoms with van der Waals surface area (Å²) in [6.45, 7) is 2.88. The van der Waals surface area contributed by atoms with Gasteiger partial charge in [-0.25, -0.2) is 0 Å². The molecule has 2 aromatic carbocycles. The van der Waals surface area contributed by atoms with Crippen molar-refractivity contribution < 1.29 is 9.53 Å². The van der Waals surface area contributed by atoms with Crippen molar-refractivity contribution in [1.82, 2.24) is 4.90 Å². The van der Waals surface area contributed by atoms with Crippen LogP contribution in [0.5, 0.6) is 5.75 Å². The molecule has 0 aromatic heterocycles. The molecule has 0 aliphatic rings. The van der Waals surface area contributed by atoms with E-state index in [1.54, 1.807) is 29.2 Å². The highest BCUT2D eigenvalue weighted by atomic mass is 35.5. The Kier molecular flexibility index (Phi) is 6.02. The Labute approximate surface area is 140 Å². The monoisotopic (exact) mass is 328 g/mol. The lowest BCUT2D eigenvalue weighted by Crippen LogP contribution is -2.34. The Morgan fingerprint density at radius 3 is 2.52 bits per heavy atom. The van der Waals surface area contributed by atoms with E-state index < -0.39 is 0 Å². The first-order chi connectivity index (χ1) is 11.1. The summed E-state index contributed by atoms with van der Waals surface area (Å²) >= 11 is 6.14. The summed E-state index contributed by atoms with van der Waals surface area (Å²) in [7, 11) is 0. The van der Waals surface area contributed by atoms with Gasteiger partial charge >= 0.3 is 0 Å². The Hall–Kier alpha value is -2.51. The molecule has 0 saturated heterocycles. The van der Waals surface area contributed by atoms with Gasteiger partial charge in [0.2, 0.25) is 0 Å². The van der Waals surface area contributed by atoms with E-state index in [0.29, 0.717) is 29.4 Å². The van der Waals surface area contributed by atoms with Crippen molar-refractivity contribution in [2.75, 3.05) is 13.2 Å². The van der Waals surface area contributed by atoms with E-state index in [0.717, 1.165) is 5.56 Å². The predicted octanol–water partition coefficient (Wildman–Crippen LogP) is 3.64. The van der Waals surface area contributed by atoms with Crippen LogP contribution in [-0.2, 0) is 11.3 Å². The van der Waals surface area contributed by atoms with Gasteiger partial charge in [0, 0.05) is 18.1 Å². The standard InChI is InChI=1S/C18H17ClN2O2/c1-2-21(12-15-5-3-4-6-17(15)19)18(22)13-23-16-9-7-14(11-20)8-10-16/h3-10H,2,12-13H2,1H3. The lowest BCUT2D eigenvalue weighted by Gasteiger charge is -2.21. The number of halogens is 1. The van der Waals surface area contributed by atoms with E-state index >= 15 is 0 Å². The van der Waals surface area contributed by atoms with Gasteiger partial charge in [-0.15, -0.1) is 0 Å². The van der Waals surface area contributed by atoms with Crippen molar-refractivity contribution in [3.05, 3.63) is 64.7 Å². The summed E-state index contributed by atoms with van der Waals surface area (Å²) in [6, 6.07) is 16.2. The maximum atomic E-state index is 12.3. The maximum Gasteiger partial charge on any atom is 0.260 e. The van der Waals surface area contributed by atoms with Crippen LogP contribution < -0.4 is 4.74 Å². The lowest BCUT2D eigenvalue weighted by atomic mass is 10.2. The van der Waals surface area contributed by atoms with Gasteiger partial charge in [0.15, 0.2) is 6.61 Å². The fraction of sp³-hybridized carbons (Fsp3) is 0.222. The zero-order valence-electron chi connectivity index (χ0n) is 12.8. The highest BCUT2D eigenvalue weighted by Crippen LogP contribution is 2.17. The minimum Gasteiger partial charge on any atom is -0.484 e. The molecule has 2 aromatic rings. The second kappa shape index (κ2) is 8.21. The third kappa shape index (κ3) is 4.73. The molecule has 2 rings (SSSR count). The Morgan fingerprint density at radius 1 is 1.22 bits per heavy atom. The highest BCUT2D eigenvalue weighted by molar-refractivity contribution is 6.31. The van der Waals surface area contributed by atoms with Gasteiger partial charge in [0.25, 0.3) is 5.91 Å². The predicted molar refractivity (Wildman–Crippen MR) is 89.2 cm³/mol. The van der Waals surface area contributed by atoms with Crippen molar-refractivity contribution in [3.63, 3.8) is 0 Å². The number of likely N-dealkylation sites (N-methyl/N-ethyl adjacent to an activating group) is 1. The number of amides is 1. The van der Waals surface area contributed by atoms with Crippen LogP contribution in [0.25, 0.3) is 0 Å². The highest BCUT2D eigenvalue weighted by Gasteiger charge is 2.14.